The third-order valence-corrected chi connectivity index (χ3v) is 4.19. The van der Waals surface area contributed by atoms with Gasteiger partial charge in [-0.25, -0.2) is 9.59 Å². The van der Waals surface area contributed by atoms with Crippen LogP contribution in [-0.4, -0.2) is 54.8 Å². The number of para-hydroxylation sites is 1. The van der Waals surface area contributed by atoms with Gasteiger partial charge in [-0.1, -0.05) is 12.1 Å². The van der Waals surface area contributed by atoms with E-state index in [2.05, 4.69) is 10.1 Å². The molecule has 11 heteroatoms. The molecular formula is C19H24BNO9. The minimum absolute atomic E-state index is 0.0100. The molecule has 30 heavy (non-hydrogen) atoms. The number of Topliss-reactive ketones (excluding diaryl/α,β-unsaturated/α-hetero) is 1. The Morgan fingerprint density at radius 3 is 2.67 bits per heavy atom. The molecule has 0 fully saturated rings. The SMILES string of the molecule is CCOC(=O)OC(C)OC(=O)c1cccc2c1OB(O)C(NC(=O)CCC(C)=O)C2. The normalized spacial score (nSPS) is 15.9. The molecule has 2 rings (SSSR count). The number of rotatable bonds is 8. The summed E-state index contributed by atoms with van der Waals surface area (Å²) < 4.78 is 19.9. The highest BCUT2D eigenvalue weighted by Crippen LogP contribution is 2.31. The number of ketones is 1. The number of amides is 1. The molecule has 1 heterocycles. The van der Waals surface area contributed by atoms with Crippen LogP contribution < -0.4 is 9.97 Å². The van der Waals surface area contributed by atoms with Crippen molar-refractivity contribution in [2.75, 3.05) is 6.61 Å². The van der Waals surface area contributed by atoms with Gasteiger partial charge in [0.1, 0.15) is 17.1 Å². The van der Waals surface area contributed by atoms with Gasteiger partial charge in [-0.2, -0.15) is 0 Å². The van der Waals surface area contributed by atoms with Crippen LogP contribution in [0.1, 0.15) is 49.5 Å². The summed E-state index contributed by atoms with van der Waals surface area (Å²) >= 11 is 0. The van der Waals surface area contributed by atoms with Gasteiger partial charge >= 0.3 is 19.2 Å². The monoisotopic (exact) mass is 421 g/mol. The van der Waals surface area contributed by atoms with Crippen LogP contribution in [0.25, 0.3) is 0 Å². The molecule has 2 atom stereocenters. The Morgan fingerprint density at radius 1 is 1.27 bits per heavy atom. The van der Waals surface area contributed by atoms with Crippen molar-refractivity contribution >= 4 is 30.9 Å². The van der Waals surface area contributed by atoms with Gasteiger partial charge < -0.3 is 34.0 Å². The van der Waals surface area contributed by atoms with E-state index in [9.17, 15) is 24.2 Å². The van der Waals surface area contributed by atoms with Crippen LogP contribution >= 0.6 is 0 Å². The lowest BCUT2D eigenvalue weighted by Crippen LogP contribution is -2.53. The van der Waals surface area contributed by atoms with Crippen LogP contribution in [0.5, 0.6) is 5.75 Å². The topological polar surface area (TPSA) is 137 Å². The second kappa shape index (κ2) is 10.6. The van der Waals surface area contributed by atoms with Crippen LogP contribution in [0.15, 0.2) is 18.2 Å². The first kappa shape index (κ1) is 23.2. The fourth-order valence-corrected chi connectivity index (χ4v) is 2.80. The third-order valence-electron chi connectivity index (χ3n) is 4.19. The molecule has 2 unspecified atom stereocenters. The molecule has 0 aromatic heterocycles. The van der Waals surface area contributed by atoms with E-state index in [4.69, 9.17) is 14.1 Å². The maximum absolute atomic E-state index is 12.5. The number of nitrogens with one attached hydrogen (secondary N) is 1. The Hall–Kier alpha value is -3.08. The second-order valence-electron chi connectivity index (χ2n) is 6.66. The lowest BCUT2D eigenvalue weighted by atomic mass is 9.72. The smallest absolute Gasteiger partial charge is 0.534 e. The van der Waals surface area contributed by atoms with E-state index in [1.54, 1.807) is 19.1 Å². The van der Waals surface area contributed by atoms with E-state index in [-0.39, 0.29) is 48.9 Å². The van der Waals surface area contributed by atoms with Gasteiger partial charge in [-0.15, -0.1) is 0 Å². The van der Waals surface area contributed by atoms with E-state index in [0.29, 0.717) is 5.56 Å². The van der Waals surface area contributed by atoms with Crippen molar-refractivity contribution < 1.29 is 43.1 Å². The fourth-order valence-electron chi connectivity index (χ4n) is 2.80. The maximum atomic E-state index is 12.5. The van der Waals surface area contributed by atoms with Crippen LogP contribution in [0.3, 0.4) is 0 Å². The van der Waals surface area contributed by atoms with Crippen molar-refractivity contribution in [1.29, 1.82) is 0 Å². The van der Waals surface area contributed by atoms with Crippen molar-refractivity contribution in [1.82, 2.24) is 5.32 Å². The summed E-state index contributed by atoms with van der Waals surface area (Å²) in [5, 5.41) is 12.9. The minimum Gasteiger partial charge on any atom is -0.534 e. The zero-order chi connectivity index (χ0) is 22.3. The summed E-state index contributed by atoms with van der Waals surface area (Å²) in [5.41, 5.74) is 0.609. The fraction of sp³-hybridized carbons (Fsp3) is 0.474. The van der Waals surface area contributed by atoms with Gasteiger partial charge in [-0.05, 0) is 31.9 Å². The van der Waals surface area contributed by atoms with Crippen molar-refractivity contribution in [3.05, 3.63) is 29.3 Å². The first-order valence-electron chi connectivity index (χ1n) is 9.51. The summed E-state index contributed by atoms with van der Waals surface area (Å²) in [7, 11) is -1.40. The highest BCUT2D eigenvalue weighted by molar-refractivity contribution is 6.47. The Bertz CT molecular complexity index is 813. The average Bonchev–Trinajstić information content (AvgIpc) is 2.66. The lowest BCUT2D eigenvalue weighted by Gasteiger charge is -2.29. The zero-order valence-corrected chi connectivity index (χ0v) is 17.0. The van der Waals surface area contributed by atoms with Crippen molar-refractivity contribution in [3.8, 4) is 5.75 Å². The number of ether oxygens (including phenoxy) is 3. The van der Waals surface area contributed by atoms with Crippen LogP contribution in [-0.2, 0) is 30.2 Å². The highest BCUT2D eigenvalue weighted by Gasteiger charge is 2.38. The van der Waals surface area contributed by atoms with Gasteiger partial charge in [0.15, 0.2) is 0 Å². The molecule has 1 amide bonds. The van der Waals surface area contributed by atoms with E-state index in [0.717, 1.165) is 0 Å². The number of fused-ring (bicyclic) bond motifs is 1. The highest BCUT2D eigenvalue weighted by atomic mass is 16.8. The first-order valence-corrected chi connectivity index (χ1v) is 9.51. The summed E-state index contributed by atoms with van der Waals surface area (Å²) in [6.45, 7) is 4.47. The molecule has 10 nitrogen and oxygen atoms in total. The van der Waals surface area contributed by atoms with E-state index in [1.807, 2.05) is 0 Å². The maximum Gasteiger partial charge on any atom is 0.547 e. The van der Waals surface area contributed by atoms with Gasteiger partial charge in [0.25, 0.3) is 0 Å². The number of hydrogen-bond acceptors (Lipinski definition) is 9. The summed E-state index contributed by atoms with van der Waals surface area (Å²) in [4.78, 5) is 46.7. The Balaban J connectivity index is 2.05. The van der Waals surface area contributed by atoms with Gasteiger partial charge in [0, 0.05) is 19.8 Å². The molecule has 0 aliphatic carbocycles. The van der Waals surface area contributed by atoms with Crippen molar-refractivity contribution in [2.45, 2.75) is 52.3 Å². The van der Waals surface area contributed by atoms with E-state index in [1.165, 1.54) is 19.9 Å². The predicted molar refractivity (Wildman–Crippen MR) is 104 cm³/mol. The standard InChI is InChI=1S/C19H24BNO9/c1-4-27-19(25)29-12(3)28-18(24)14-7-5-6-13-10-15(20(26)30-17(13)14)21-16(23)9-8-11(2)22/h5-7,12,15,26H,4,8-10H2,1-3H3,(H,21,23). The predicted octanol–water partition coefficient (Wildman–Crippen LogP) is 1.17. The number of hydrogen-bond donors (Lipinski definition) is 2. The van der Waals surface area contributed by atoms with Gasteiger partial charge in [-0.3, -0.25) is 4.79 Å². The Labute approximate surface area is 174 Å². The number of esters is 1. The second-order valence-corrected chi connectivity index (χ2v) is 6.66. The van der Waals surface area contributed by atoms with Gasteiger partial charge in [0.05, 0.1) is 12.5 Å². The summed E-state index contributed by atoms with van der Waals surface area (Å²) in [6.07, 6.45) is -1.85. The van der Waals surface area contributed by atoms with Crippen LogP contribution in [0.4, 0.5) is 4.79 Å². The molecule has 1 aromatic carbocycles. The minimum atomic E-state index is -1.40. The molecule has 1 aliphatic heterocycles. The van der Waals surface area contributed by atoms with Gasteiger partial charge in [0.2, 0.25) is 12.2 Å². The molecule has 162 valence electrons. The molecule has 0 radical (unpaired) electrons. The largest absolute Gasteiger partial charge is 0.547 e. The average molecular weight is 421 g/mol. The quantitative estimate of drug-likeness (QED) is 0.360. The number of carbonyl (C=O) groups is 4. The molecule has 1 aliphatic rings. The van der Waals surface area contributed by atoms with Crippen molar-refractivity contribution in [2.24, 2.45) is 0 Å². The molecule has 0 bridgehead atoms. The molecule has 2 N–H and O–H groups in total. The number of benzene rings is 1. The Kier molecular flexibility index (Phi) is 8.22. The lowest BCUT2D eigenvalue weighted by molar-refractivity contribution is -0.124. The van der Waals surface area contributed by atoms with Crippen LogP contribution in [0.2, 0.25) is 0 Å². The number of carbonyl (C=O) groups excluding carboxylic acids is 4. The van der Waals surface area contributed by atoms with E-state index < -0.39 is 31.5 Å². The third kappa shape index (κ3) is 6.48. The first-order chi connectivity index (χ1) is 14.2. The summed E-state index contributed by atoms with van der Waals surface area (Å²) in [6, 6.07) is 4.73. The van der Waals surface area contributed by atoms with Crippen LogP contribution in [0, 0.1) is 0 Å². The van der Waals surface area contributed by atoms with E-state index >= 15 is 0 Å². The Morgan fingerprint density at radius 2 is 2.00 bits per heavy atom. The molecular weight excluding hydrogens is 397 g/mol. The molecule has 0 spiro atoms. The molecule has 0 saturated heterocycles. The summed E-state index contributed by atoms with van der Waals surface area (Å²) in [5.74, 6) is -1.94. The zero-order valence-electron chi connectivity index (χ0n) is 17.0. The van der Waals surface area contributed by atoms with Crippen molar-refractivity contribution in [3.63, 3.8) is 0 Å². The molecule has 0 saturated carbocycles. The molecule has 1 aromatic rings.